The third-order valence-electron chi connectivity index (χ3n) is 0.581. The first kappa shape index (κ1) is 7.10. The van der Waals surface area contributed by atoms with Gasteiger partial charge in [0.15, 0.2) is 0 Å². The van der Waals surface area contributed by atoms with E-state index >= 15 is 0 Å². The monoisotopic (exact) mass is 117 g/mol. The molecule has 0 aliphatic rings. The third-order valence-corrected chi connectivity index (χ3v) is 0.581. The van der Waals surface area contributed by atoms with Gasteiger partial charge in [-0.3, -0.25) is 4.79 Å². The minimum atomic E-state index is -1.85. The van der Waals surface area contributed by atoms with Gasteiger partial charge < -0.3 is 15.0 Å². The summed E-state index contributed by atoms with van der Waals surface area (Å²) < 4.78 is 0. The molecule has 4 heteroatoms. The van der Waals surface area contributed by atoms with Gasteiger partial charge in [0, 0.05) is 0 Å². The van der Waals surface area contributed by atoms with Crippen LogP contribution in [-0.4, -0.2) is 23.0 Å². The molecule has 0 rings (SSSR count). The molecule has 46 valence electrons. The van der Waals surface area contributed by atoms with Gasteiger partial charge in [-0.25, -0.2) is 0 Å². The number of carbonyl (C=O) groups is 2. The second-order valence-electron chi connectivity index (χ2n) is 1.33. The summed E-state index contributed by atoms with van der Waals surface area (Å²) in [6, 6.07) is 0. The Balaban J connectivity index is 3.84. The molecule has 0 aromatic rings. The van der Waals surface area contributed by atoms with Crippen LogP contribution in [-0.2, 0) is 9.59 Å². The topological polar surface area (TPSA) is 77.4 Å². The Labute approximate surface area is 45.7 Å². The fourth-order valence-electron chi connectivity index (χ4n) is 0.171. The van der Waals surface area contributed by atoms with E-state index in [1.165, 1.54) is 0 Å². The minimum Gasteiger partial charge on any atom is -0.542 e. The fourth-order valence-corrected chi connectivity index (χ4v) is 0.171. The molecule has 0 saturated carbocycles. The SMILES string of the molecule is CC(O)C(=O)C(=O)[O-]. The van der Waals surface area contributed by atoms with Crippen molar-refractivity contribution < 1.29 is 19.8 Å². The molecular weight excluding hydrogens is 112 g/mol. The third kappa shape index (κ3) is 1.70. The van der Waals surface area contributed by atoms with E-state index in [1.54, 1.807) is 0 Å². The summed E-state index contributed by atoms with van der Waals surface area (Å²) in [6.07, 6.45) is -1.46. The van der Waals surface area contributed by atoms with Gasteiger partial charge in [-0.05, 0) is 6.92 Å². The molecule has 1 unspecified atom stereocenters. The van der Waals surface area contributed by atoms with Crippen molar-refractivity contribution in [3.63, 3.8) is 0 Å². The quantitative estimate of drug-likeness (QED) is 0.412. The molecule has 1 N–H and O–H groups in total. The zero-order valence-corrected chi connectivity index (χ0v) is 4.25. The summed E-state index contributed by atoms with van der Waals surface area (Å²) >= 11 is 0. The Hall–Kier alpha value is -0.900. The van der Waals surface area contributed by atoms with E-state index in [0.717, 1.165) is 6.92 Å². The van der Waals surface area contributed by atoms with Crippen molar-refractivity contribution in [2.24, 2.45) is 0 Å². The first-order valence-corrected chi connectivity index (χ1v) is 1.99. The van der Waals surface area contributed by atoms with Crippen molar-refractivity contribution in [3.05, 3.63) is 0 Å². The number of aliphatic hydroxyl groups excluding tert-OH is 1. The predicted octanol–water partition coefficient (Wildman–Crippen LogP) is -2.31. The second kappa shape index (κ2) is 2.42. The lowest BCUT2D eigenvalue weighted by Crippen LogP contribution is -2.37. The Morgan fingerprint density at radius 3 is 2.00 bits per heavy atom. The molecule has 0 aliphatic heterocycles. The van der Waals surface area contributed by atoms with E-state index in [2.05, 4.69) is 0 Å². The van der Waals surface area contributed by atoms with Crippen LogP contribution in [0.1, 0.15) is 6.92 Å². The molecule has 0 amide bonds. The lowest BCUT2D eigenvalue weighted by atomic mass is 10.3. The van der Waals surface area contributed by atoms with Crippen molar-refractivity contribution in [1.82, 2.24) is 0 Å². The number of carbonyl (C=O) groups excluding carboxylic acids is 2. The lowest BCUT2D eigenvalue weighted by Gasteiger charge is -2.00. The standard InChI is InChI=1S/C4H6O4/c1-2(5)3(6)4(7)8/h2,5H,1H3,(H,7,8)/p-1. The van der Waals surface area contributed by atoms with Crippen molar-refractivity contribution in [3.8, 4) is 0 Å². The number of hydrogen-bond acceptors (Lipinski definition) is 4. The molecule has 0 aromatic carbocycles. The number of aliphatic carboxylic acids is 1. The summed E-state index contributed by atoms with van der Waals surface area (Å²) in [5.74, 6) is -3.13. The first-order chi connectivity index (χ1) is 3.55. The lowest BCUT2D eigenvalue weighted by molar-refractivity contribution is -0.300. The molecule has 8 heavy (non-hydrogen) atoms. The molecular formula is C4H5O4-. The summed E-state index contributed by atoms with van der Waals surface area (Å²) in [5, 5.41) is 17.7. The number of carboxylic acid groups (broad SMARTS) is 1. The van der Waals surface area contributed by atoms with E-state index in [4.69, 9.17) is 5.11 Å². The van der Waals surface area contributed by atoms with Crippen molar-refractivity contribution in [2.75, 3.05) is 0 Å². The van der Waals surface area contributed by atoms with E-state index in [1.807, 2.05) is 0 Å². The number of ketones is 1. The molecule has 0 saturated heterocycles. The van der Waals surface area contributed by atoms with Crippen molar-refractivity contribution >= 4 is 11.8 Å². The predicted molar refractivity (Wildman–Crippen MR) is 21.7 cm³/mol. The maximum atomic E-state index is 9.93. The average Bonchev–Trinajstić information content (AvgIpc) is 1.64. The second-order valence-corrected chi connectivity index (χ2v) is 1.33. The molecule has 0 spiro atoms. The van der Waals surface area contributed by atoms with Crippen LogP contribution in [0.25, 0.3) is 0 Å². The van der Waals surface area contributed by atoms with E-state index < -0.39 is 17.9 Å². The molecule has 1 atom stereocenters. The molecule has 0 heterocycles. The highest BCUT2D eigenvalue weighted by Gasteiger charge is 2.07. The van der Waals surface area contributed by atoms with E-state index in [-0.39, 0.29) is 0 Å². The van der Waals surface area contributed by atoms with E-state index in [9.17, 15) is 14.7 Å². The van der Waals surface area contributed by atoms with Gasteiger partial charge in [0.1, 0.15) is 12.1 Å². The Kier molecular flexibility index (Phi) is 2.15. The number of carboxylic acids is 1. The smallest absolute Gasteiger partial charge is 0.206 e. The van der Waals surface area contributed by atoms with Crippen LogP contribution in [0.4, 0.5) is 0 Å². The van der Waals surface area contributed by atoms with Crippen LogP contribution in [0, 0.1) is 0 Å². The summed E-state index contributed by atoms with van der Waals surface area (Å²) in [5.41, 5.74) is 0. The maximum absolute atomic E-state index is 9.93. The zero-order valence-electron chi connectivity index (χ0n) is 4.25. The van der Waals surface area contributed by atoms with Crippen LogP contribution >= 0.6 is 0 Å². The summed E-state index contributed by atoms with van der Waals surface area (Å²) in [7, 11) is 0. The highest BCUT2D eigenvalue weighted by Crippen LogP contribution is 1.78. The van der Waals surface area contributed by atoms with Crippen LogP contribution in [0.2, 0.25) is 0 Å². The first-order valence-electron chi connectivity index (χ1n) is 1.99. The van der Waals surface area contributed by atoms with Gasteiger partial charge in [0.2, 0.25) is 5.78 Å². The molecule has 0 radical (unpaired) electrons. The molecule has 4 nitrogen and oxygen atoms in total. The minimum absolute atomic E-state index is 1.07. The Bertz CT molecular complexity index is 115. The Morgan fingerprint density at radius 1 is 1.62 bits per heavy atom. The van der Waals surface area contributed by atoms with Crippen molar-refractivity contribution in [2.45, 2.75) is 13.0 Å². The highest BCUT2D eigenvalue weighted by molar-refractivity contribution is 6.33. The number of aliphatic hydroxyl groups is 1. The maximum Gasteiger partial charge on any atom is 0.206 e. The van der Waals surface area contributed by atoms with Gasteiger partial charge in [-0.2, -0.15) is 0 Å². The molecule has 0 aliphatic carbocycles. The van der Waals surface area contributed by atoms with Crippen molar-refractivity contribution in [1.29, 1.82) is 0 Å². The summed E-state index contributed by atoms with van der Waals surface area (Å²) in [6.45, 7) is 1.07. The normalized spacial score (nSPS) is 12.8. The molecule has 0 aromatic heterocycles. The molecule has 0 fully saturated rings. The Morgan fingerprint density at radius 2 is 2.00 bits per heavy atom. The number of rotatable bonds is 2. The van der Waals surface area contributed by atoms with Crippen LogP contribution < -0.4 is 5.11 Å². The van der Waals surface area contributed by atoms with Crippen LogP contribution in [0.3, 0.4) is 0 Å². The zero-order chi connectivity index (χ0) is 6.73. The van der Waals surface area contributed by atoms with Crippen LogP contribution in [0.15, 0.2) is 0 Å². The summed E-state index contributed by atoms with van der Waals surface area (Å²) in [4.78, 5) is 19.5. The average molecular weight is 117 g/mol. The fraction of sp³-hybridized carbons (Fsp3) is 0.500. The van der Waals surface area contributed by atoms with Gasteiger partial charge in [0.25, 0.3) is 0 Å². The van der Waals surface area contributed by atoms with Gasteiger partial charge >= 0.3 is 0 Å². The number of hydrogen-bond donors (Lipinski definition) is 1. The van der Waals surface area contributed by atoms with Gasteiger partial charge in [-0.15, -0.1) is 0 Å². The number of Topliss-reactive ketones (excluding diaryl/α,β-unsaturated/α-hetero) is 1. The van der Waals surface area contributed by atoms with Crippen LogP contribution in [0.5, 0.6) is 0 Å². The van der Waals surface area contributed by atoms with Gasteiger partial charge in [-0.1, -0.05) is 0 Å². The largest absolute Gasteiger partial charge is 0.542 e. The van der Waals surface area contributed by atoms with Gasteiger partial charge in [0.05, 0.1) is 0 Å². The highest BCUT2D eigenvalue weighted by atomic mass is 16.4. The van der Waals surface area contributed by atoms with E-state index in [0.29, 0.717) is 0 Å². The molecule has 0 bridgehead atoms.